The molecule has 1 fully saturated rings. The molecule has 1 unspecified atom stereocenters. The van der Waals surface area contributed by atoms with Crippen molar-refractivity contribution in [1.29, 1.82) is 0 Å². The van der Waals surface area contributed by atoms with E-state index in [1.54, 1.807) is 11.8 Å². The highest BCUT2D eigenvalue weighted by Crippen LogP contribution is 2.42. The predicted molar refractivity (Wildman–Crippen MR) is 74.9 cm³/mol. The molecule has 10 heteroatoms. The third kappa shape index (κ3) is 1.81. The maximum absolute atomic E-state index is 10.4. The van der Waals surface area contributed by atoms with Gasteiger partial charge < -0.3 is 30.7 Å². The molecule has 6 N–H and O–H groups in total. The quantitative estimate of drug-likeness (QED) is 0.373. The molecule has 118 valence electrons. The summed E-state index contributed by atoms with van der Waals surface area (Å²) in [6, 6.07) is -0.806. The SMILES string of the molecule is C[C@]1(O)CCC2N(C1)c1nc(N)nc3[nH]nc(c13)OC2(O)O. The van der Waals surface area contributed by atoms with Gasteiger partial charge in [-0.05, 0) is 19.8 Å². The largest absolute Gasteiger partial charge is 0.417 e. The molecule has 2 aliphatic rings. The van der Waals surface area contributed by atoms with E-state index in [2.05, 4.69) is 20.2 Å². The monoisotopic (exact) mass is 308 g/mol. The van der Waals surface area contributed by atoms with Gasteiger partial charge in [0.1, 0.15) is 17.2 Å². The number of hydrogen-bond donors (Lipinski definition) is 5. The topological polar surface area (TPSA) is 154 Å². The second-order valence-electron chi connectivity index (χ2n) is 6.10. The summed E-state index contributed by atoms with van der Waals surface area (Å²) in [4.78, 5) is 9.81. The number of ether oxygens (including phenoxy) is 1. The molecule has 2 atom stereocenters. The second kappa shape index (κ2) is 3.97. The van der Waals surface area contributed by atoms with Crippen molar-refractivity contribution in [3.05, 3.63) is 0 Å². The van der Waals surface area contributed by atoms with E-state index >= 15 is 0 Å². The molecule has 2 aromatic heterocycles. The summed E-state index contributed by atoms with van der Waals surface area (Å²) in [5.41, 5.74) is 5.06. The zero-order valence-corrected chi connectivity index (χ0v) is 11.8. The Labute approximate surface area is 124 Å². The number of nitrogens with zero attached hydrogens (tertiary/aromatic N) is 4. The van der Waals surface area contributed by atoms with Crippen LogP contribution in [0.15, 0.2) is 0 Å². The van der Waals surface area contributed by atoms with Crippen LogP contribution in [0.4, 0.5) is 11.8 Å². The normalized spacial score (nSPS) is 29.8. The molecule has 0 aromatic carbocycles. The van der Waals surface area contributed by atoms with Crippen molar-refractivity contribution < 1.29 is 20.1 Å². The van der Waals surface area contributed by atoms with Crippen molar-refractivity contribution >= 4 is 22.8 Å². The van der Waals surface area contributed by atoms with Crippen LogP contribution in [0.5, 0.6) is 5.88 Å². The van der Waals surface area contributed by atoms with E-state index in [0.717, 1.165) is 0 Å². The third-order valence-corrected chi connectivity index (χ3v) is 4.18. The van der Waals surface area contributed by atoms with Crippen molar-refractivity contribution in [3.8, 4) is 5.88 Å². The van der Waals surface area contributed by atoms with Gasteiger partial charge in [0.2, 0.25) is 5.95 Å². The highest BCUT2D eigenvalue weighted by atomic mass is 16.8. The summed E-state index contributed by atoms with van der Waals surface area (Å²) in [6.45, 7) is 1.84. The van der Waals surface area contributed by atoms with Gasteiger partial charge in [0, 0.05) is 6.54 Å². The zero-order valence-electron chi connectivity index (χ0n) is 11.8. The van der Waals surface area contributed by atoms with Gasteiger partial charge in [-0.25, -0.2) is 0 Å². The van der Waals surface area contributed by atoms with Crippen LogP contribution in [0, 0.1) is 0 Å². The van der Waals surface area contributed by atoms with Gasteiger partial charge in [-0.1, -0.05) is 0 Å². The fraction of sp³-hybridized carbons (Fsp3) is 0.583. The summed E-state index contributed by atoms with van der Waals surface area (Å²) in [7, 11) is 0. The number of piperidine rings is 1. The molecule has 0 bridgehead atoms. The van der Waals surface area contributed by atoms with Crippen molar-refractivity contribution in [2.45, 2.75) is 37.4 Å². The Kier molecular flexibility index (Phi) is 2.43. The minimum Gasteiger partial charge on any atom is -0.417 e. The Bertz CT molecular complexity index is 757. The lowest BCUT2D eigenvalue weighted by Crippen LogP contribution is -2.62. The summed E-state index contributed by atoms with van der Waals surface area (Å²) in [5.74, 6) is -2.09. The highest BCUT2D eigenvalue weighted by molar-refractivity contribution is 5.93. The molecule has 0 saturated carbocycles. The standard InChI is InChI=1S/C12H16N6O4/c1-11(19)3-2-5-12(20,21)22-9-6-7(16-17-9)14-10(13)15-8(6)18(5)4-11/h5,19-21H,2-4H2,1H3,(H3,13,14,15,16,17)/t5?,11-/m0/s1. The average molecular weight is 308 g/mol. The molecule has 22 heavy (non-hydrogen) atoms. The summed E-state index contributed by atoms with van der Waals surface area (Å²) in [6.07, 6.45) is 0.702. The minimum atomic E-state index is -2.46. The lowest BCUT2D eigenvalue weighted by atomic mass is 9.89. The molecule has 0 radical (unpaired) electrons. The van der Waals surface area contributed by atoms with E-state index in [1.807, 2.05) is 0 Å². The van der Waals surface area contributed by atoms with Crippen molar-refractivity contribution in [1.82, 2.24) is 20.2 Å². The Balaban J connectivity index is 1.98. The van der Waals surface area contributed by atoms with Crippen LogP contribution in [0.1, 0.15) is 19.8 Å². The number of nitrogen functional groups attached to an aromatic ring is 1. The maximum Gasteiger partial charge on any atom is 0.344 e. The Hall–Kier alpha value is -2.17. The summed E-state index contributed by atoms with van der Waals surface area (Å²) in [5, 5.41) is 37.9. The number of hydrogen-bond acceptors (Lipinski definition) is 9. The fourth-order valence-electron chi connectivity index (χ4n) is 3.17. The third-order valence-electron chi connectivity index (χ3n) is 4.18. The Morgan fingerprint density at radius 1 is 1.36 bits per heavy atom. The molecule has 0 amide bonds. The van der Waals surface area contributed by atoms with Crippen molar-refractivity contribution in [2.24, 2.45) is 0 Å². The Morgan fingerprint density at radius 3 is 2.91 bits per heavy atom. The van der Waals surface area contributed by atoms with Crippen LogP contribution < -0.4 is 15.4 Å². The smallest absolute Gasteiger partial charge is 0.344 e. The molecule has 4 rings (SSSR count). The van der Waals surface area contributed by atoms with E-state index in [4.69, 9.17) is 10.5 Å². The molecule has 0 aliphatic carbocycles. The van der Waals surface area contributed by atoms with Gasteiger partial charge >= 0.3 is 5.97 Å². The maximum atomic E-state index is 10.4. The second-order valence-corrected chi connectivity index (χ2v) is 6.10. The van der Waals surface area contributed by atoms with Gasteiger partial charge in [-0.15, -0.1) is 5.10 Å². The number of rotatable bonds is 0. The van der Waals surface area contributed by atoms with Crippen LogP contribution in [-0.4, -0.2) is 59.6 Å². The van der Waals surface area contributed by atoms with E-state index in [-0.39, 0.29) is 18.4 Å². The molecule has 10 nitrogen and oxygen atoms in total. The molecule has 1 saturated heterocycles. The number of nitrogens with two attached hydrogens (primary N) is 1. The van der Waals surface area contributed by atoms with Gasteiger partial charge in [0.05, 0.1) is 5.60 Å². The van der Waals surface area contributed by atoms with Crippen molar-refractivity contribution in [3.63, 3.8) is 0 Å². The lowest BCUT2D eigenvalue weighted by Gasteiger charge is -2.45. The number of aromatic amines is 1. The predicted octanol–water partition coefficient (Wildman–Crippen LogP) is -1.31. The van der Waals surface area contributed by atoms with E-state index in [9.17, 15) is 15.3 Å². The highest BCUT2D eigenvalue weighted by Gasteiger charge is 2.51. The fourth-order valence-corrected chi connectivity index (χ4v) is 3.17. The lowest BCUT2D eigenvalue weighted by molar-refractivity contribution is -0.308. The number of fused-ring (bicyclic) bond motifs is 2. The number of nitrogens with one attached hydrogen (secondary N) is 1. The first-order valence-electron chi connectivity index (χ1n) is 6.91. The summed E-state index contributed by atoms with van der Waals surface area (Å²) >= 11 is 0. The van der Waals surface area contributed by atoms with Crippen LogP contribution >= 0.6 is 0 Å². The first kappa shape index (κ1) is 13.5. The summed E-state index contributed by atoms with van der Waals surface area (Å²) < 4.78 is 5.26. The van der Waals surface area contributed by atoms with E-state index in [0.29, 0.717) is 29.7 Å². The number of H-pyrrole nitrogens is 1. The Morgan fingerprint density at radius 2 is 2.14 bits per heavy atom. The minimum absolute atomic E-state index is 0.0101. The molecule has 0 spiro atoms. The number of anilines is 2. The van der Waals surface area contributed by atoms with E-state index < -0.39 is 17.6 Å². The molecule has 4 heterocycles. The van der Waals surface area contributed by atoms with Crippen LogP contribution in [0.25, 0.3) is 11.0 Å². The number of aliphatic hydroxyl groups is 3. The first-order chi connectivity index (χ1) is 10.3. The van der Waals surface area contributed by atoms with Crippen LogP contribution in [0.3, 0.4) is 0 Å². The van der Waals surface area contributed by atoms with Crippen molar-refractivity contribution in [2.75, 3.05) is 17.2 Å². The van der Waals surface area contributed by atoms with Gasteiger partial charge in [0.25, 0.3) is 5.88 Å². The zero-order chi connectivity index (χ0) is 15.7. The molecular formula is C12H16N6O4. The molecular weight excluding hydrogens is 292 g/mol. The number of aromatic nitrogens is 4. The van der Waals surface area contributed by atoms with Gasteiger partial charge in [0.15, 0.2) is 5.65 Å². The van der Waals surface area contributed by atoms with Gasteiger partial charge in [-0.3, -0.25) is 5.10 Å². The van der Waals surface area contributed by atoms with E-state index in [1.165, 1.54) is 0 Å². The van der Waals surface area contributed by atoms with Crippen LogP contribution in [-0.2, 0) is 0 Å². The van der Waals surface area contributed by atoms with Gasteiger partial charge in [-0.2, -0.15) is 9.97 Å². The first-order valence-corrected chi connectivity index (χ1v) is 6.91. The molecule has 2 aromatic rings. The molecule has 2 aliphatic heterocycles. The van der Waals surface area contributed by atoms with Crippen LogP contribution in [0.2, 0.25) is 0 Å². The average Bonchev–Trinajstić information content (AvgIpc) is 2.74.